The molecular formula is C18H20ClN3O2. The third-order valence-electron chi connectivity index (χ3n) is 3.46. The molecule has 0 aliphatic rings. The van der Waals surface area contributed by atoms with Crippen LogP contribution in [0.4, 0.5) is 5.69 Å². The van der Waals surface area contributed by atoms with E-state index in [2.05, 4.69) is 15.6 Å². The molecule has 0 atom stereocenters. The summed E-state index contributed by atoms with van der Waals surface area (Å²) in [5.74, 6) is -0.633. The number of halogens is 1. The zero-order chi connectivity index (χ0) is 17.7. The Labute approximate surface area is 146 Å². The summed E-state index contributed by atoms with van der Waals surface area (Å²) >= 11 is 6.21. The first-order valence-corrected chi connectivity index (χ1v) is 8.12. The van der Waals surface area contributed by atoms with E-state index in [0.29, 0.717) is 22.8 Å². The molecule has 2 aromatic rings. The van der Waals surface area contributed by atoms with Gasteiger partial charge in [-0.25, -0.2) is 0 Å². The van der Waals surface area contributed by atoms with Gasteiger partial charge in [-0.15, -0.1) is 0 Å². The number of benzene rings is 1. The van der Waals surface area contributed by atoms with Crippen LogP contribution in [-0.2, 0) is 0 Å². The number of nitrogens with zero attached hydrogens (tertiary/aromatic N) is 1. The van der Waals surface area contributed by atoms with Crippen molar-refractivity contribution in [2.45, 2.75) is 27.2 Å². The maximum absolute atomic E-state index is 12.5. The Hall–Kier alpha value is -2.40. The molecule has 0 radical (unpaired) electrons. The molecule has 2 rings (SSSR count). The second-order valence-corrected chi connectivity index (χ2v) is 5.99. The van der Waals surface area contributed by atoms with Crippen molar-refractivity contribution in [2.75, 3.05) is 11.9 Å². The second kappa shape index (κ2) is 7.93. The SMILES string of the molecule is CCCNC(=O)c1cc(C(=O)Nc2c(C)cc(C)cc2Cl)ccn1. The lowest BCUT2D eigenvalue weighted by atomic mass is 10.1. The lowest BCUT2D eigenvalue weighted by molar-refractivity contribution is 0.0948. The maximum atomic E-state index is 12.5. The summed E-state index contributed by atoms with van der Waals surface area (Å²) < 4.78 is 0. The van der Waals surface area contributed by atoms with Gasteiger partial charge >= 0.3 is 0 Å². The number of anilines is 1. The van der Waals surface area contributed by atoms with E-state index < -0.39 is 0 Å². The van der Waals surface area contributed by atoms with E-state index in [0.717, 1.165) is 17.5 Å². The Morgan fingerprint density at radius 2 is 1.92 bits per heavy atom. The number of amides is 2. The Balaban J connectivity index is 2.20. The molecule has 0 saturated carbocycles. The van der Waals surface area contributed by atoms with E-state index in [4.69, 9.17) is 11.6 Å². The molecule has 1 aromatic carbocycles. The van der Waals surface area contributed by atoms with Crippen molar-refractivity contribution in [2.24, 2.45) is 0 Å². The van der Waals surface area contributed by atoms with E-state index in [1.807, 2.05) is 26.8 Å². The Bertz CT molecular complexity index is 752. The molecule has 1 heterocycles. The van der Waals surface area contributed by atoms with Crippen LogP contribution < -0.4 is 10.6 Å². The van der Waals surface area contributed by atoms with Gasteiger partial charge in [-0.1, -0.05) is 24.6 Å². The molecule has 0 bridgehead atoms. The zero-order valence-corrected chi connectivity index (χ0v) is 14.7. The van der Waals surface area contributed by atoms with Crippen LogP contribution in [0.15, 0.2) is 30.5 Å². The Morgan fingerprint density at radius 1 is 1.17 bits per heavy atom. The van der Waals surface area contributed by atoms with Crippen molar-refractivity contribution in [3.05, 3.63) is 57.9 Å². The Kier molecular flexibility index (Phi) is 5.93. The maximum Gasteiger partial charge on any atom is 0.269 e. The molecule has 0 aliphatic heterocycles. The lowest BCUT2D eigenvalue weighted by Gasteiger charge is -2.12. The number of aromatic nitrogens is 1. The van der Waals surface area contributed by atoms with Gasteiger partial charge in [-0.05, 0) is 49.6 Å². The summed E-state index contributed by atoms with van der Waals surface area (Å²) in [4.78, 5) is 28.4. The number of carbonyl (C=O) groups is 2. The fraction of sp³-hybridized carbons (Fsp3) is 0.278. The third-order valence-corrected chi connectivity index (χ3v) is 3.76. The highest BCUT2D eigenvalue weighted by Crippen LogP contribution is 2.27. The van der Waals surface area contributed by atoms with Gasteiger partial charge < -0.3 is 10.6 Å². The average Bonchev–Trinajstić information content (AvgIpc) is 2.55. The van der Waals surface area contributed by atoms with Crippen molar-refractivity contribution < 1.29 is 9.59 Å². The molecule has 0 fully saturated rings. The van der Waals surface area contributed by atoms with Gasteiger partial charge in [-0.2, -0.15) is 0 Å². The summed E-state index contributed by atoms with van der Waals surface area (Å²) in [6, 6.07) is 6.76. The molecule has 0 spiro atoms. The molecule has 0 unspecified atom stereocenters. The van der Waals surface area contributed by atoms with E-state index in [-0.39, 0.29) is 17.5 Å². The largest absolute Gasteiger partial charge is 0.351 e. The highest BCUT2D eigenvalue weighted by Gasteiger charge is 2.14. The highest BCUT2D eigenvalue weighted by atomic mass is 35.5. The van der Waals surface area contributed by atoms with Crippen molar-refractivity contribution in [1.29, 1.82) is 0 Å². The summed E-state index contributed by atoms with van der Waals surface area (Å²) in [6.45, 7) is 6.35. The van der Waals surface area contributed by atoms with Crippen LogP contribution >= 0.6 is 11.6 Å². The minimum Gasteiger partial charge on any atom is -0.351 e. The normalized spacial score (nSPS) is 10.3. The first-order chi connectivity index (χ1) is 11.4. The number of hydrogen-bond acceptors (Lipinski definition) is 3. The van der Waals surface area contributed by atoms with Crippen LogP contribution in [0.1, 0.15) is 45.3 Å². The number of pyridine rings is 1. The fourth-order valence-corrected chi connectivity index (χ4v) is 2.65. The number of rotatable bonds is 5. The first-order valence-electron chi connectivity index (χ1n) is 7.74. The standard InChI is InChI=1S/C18H20ClN3O2/c1-4-6-21-18(24)15-10-13(5-7-20-15)17(23)22-16-12(3)8-11(2)9-14(16)19/h5,7-10H,4,6H2,1-3H3,(H,21,24)(H,22,23). The van der Waals surface area contributed by atoms with Gasteiger partial charge in [0.25, 0.3) is 11.8 Å². The number of nitrogens with one attached hydrogen (secondary N) is 2. The van der Waals surface area contributed by atoms with Gasteiger partial charge in [0.15, 0.2) is 0 Å². The zero-order valence-electron chi connectivity index (χ0n) is 13.9. The monoisotopic (exact) mass is 345 g/mol. The summed E-state index contributed by atoms with van der Waals surface area (Å²) in [5, 5.41) is 6.02. The van der Waals surface area contributed by atoms with E-state index in [1.165, 1.54) is 12.3 Å². The van der Waals surface area contributed by atoms with Crippen LogP contribution in [0.2, 0.25) is 5.02 Å². The number of carbonyl (C=O) groups excluding carboxylic acids is 2. The lowest BCUT2D eigenvalue weighted by Crippen LogP contribution is -2.25. The number of aryl methyl sites for hydroxylation is 2. The average molecular weight is 346 g/mol. The first kappa shape index (κ1) is 17.9. The van der Waals surface area contributed by atoms with Crippen LogP contribution in [-0.4, -0.2) is 23.3 Å². The quantitative estimate of drug-likeness (QED) is 0.867. The summed E-state index contributed by atoms with van der Waals surface area (Å²) in [5.41, 5.74) is 3.03. The van der Waals surface area contributed by atoms with Crippen LogP contribution in [0.5, 0.6) is 0 Å². The van der Waals surface area contributed by atoms with Gasteiger partial charge in [0.2, 0.25) is 0 Å². The molecular weight excluding hydrogens is 326 g/mol. The summed E-state index contributed by atoms with van der Waals surface area (Å²) in [7, 11) is 0. The number of hydrogen-bond donors (Lipinski definition) is 2. The minimum atomic E-state index is -0.337. The minimum absolute atomic E-state index is 0.211. The van der Waals surface area contributed by atoms with Gasteiger partial charge in [0, 0.05) is 18.3 Å². The van der Waals surface area contributed by atoms with Crippen molar-refractivity contribution >= 4 is 29.1 Å². The topological polar surface area (TPSA) is 71.1 Å². The fourth-order valence-electron chi connectivity index (χ4n) is 2.28. The molecule has 6 heteroatoms. The van der Waals surface area contributed by atoms with Gasteiger partial charge in [0.05, 0.1) is 10.7 Å². The van der Waals surface area contributed by atoms with Crippen LogP contribution in [0.3, 0.4) is 0 Å². The summed E-state index contributed by atoms with van der Waals surface area (Å²) in [6.07, 6.45) is 2.27. The molecule has 0 aliphatic carbocycles. The predicted octanol–water partition coefficient (Wildman–Crippen LogP) is 3.74. The molecule has 126 valence electrons. The van der Waals surface area contributed by atoms with E-state index >= 15 is 0 Å². The molecule has 2 amide bonds. The second-order valence-electron chi connectivity index (χ2n) is 5.58. The highest BCUT2D eigenvalue weighted by molar-refractivity contribution is 6.34. The third kappa shape index (κ3) is 4.32. The van der Waals surface area contributed by atoms with Crippen molar-refractivity contribution in [3.63, 3.8) is 0 Å². The molecule has 1 aromatic heterocycles. The van der Waals surface area contributed by atoms with Crippen molar-refractivity contribution in [3.8, 4) is 0 Å². The van der Waals surface area contributed by atoms with Crippen molar-refractivity contribution in [1.82, 2.24) is 10.3 Å². The smallest absolute Gasteiger partial charge is 0.269 e. The molecule has 0 saturated heterocycles. The van der Waals surface area contributed by atoms with E-state index in [9.17, 15) is 9.59 Å². The molecule has 5 nitrogen and oxygen atoms in total. The van der Waals surface area contributed by atoms with E-state index in [1.54, 1.807) is 12.1 Å². The predicted molar refractivity (Wildman–Crippen MR) is 95.7 cm³/mol. The van der Waals surface area contributed by atoms with Gasteiger partial charge in [-0.3, -0.25) is 14.6 Å². The van der Waals surface area contributed by atoms with Crippen LogP contribution in [0, 0.1) is 13.8 Å². The van der Waals surface area contributed by atoms with Gasteiger partial charge in [0.1, 0.15) is 5.69 Å². The Morgan fingerprint density at radius 3 is 2.58 bits per heavy atom. The van der Waals surface area contributed by atoms with Crippen LogP contribution in [0.25, 0.3) is 0 Å². The molecule has 24 heavy (non-hydrogen) atoms. The molecule has 2 N–H and O–H groups in total.